The third kappa shape index (κ3) is 1.95. The average molecular weight is 245 g/mol. The fraction of sp³-hybridized carbons (Fsp3) is 0.417. The molecule has 1 aliphatic heterocycles. The van der Waals surface area contributed by atoms with E-state index < -0.39 is 12.1 Å². The number of urea groups is 1. The van der Waals surface area contributed by atoms with Crippen molar-refractivity contribution >= 4 is 11.9 Å². The van der Waals surface area contributed by atoms with E-state index in [1.807, 2.05) is 20.0 Å². The second kappa shape index (κ2) is 4.53. The van der Waals surface area contributed by atoms with Gasteiger partial charge in [-0.3, -0.25) is 9.58 Å². The smallest absolute Gasteiger partial charge is 0.346 e. The molecule has 1 aromatic heterocycles. The van der Waals surface area contributed by atoms with Gasteiger partial charge in [-0.05, 0) is 13.8 Å². The minimum Gasteiger partial charge on any atom is -0.385 e. The molecule has 2 heterocycles. The second-order valence-corrected chi connectivity index (χ2v) is 4.40. The summed E-state index contributed by atoms with van der Waals surface area (Å²) in [5.74, 6) is 2.70. The summed E-state index contributed by atoms with van der Waals surface area (Å²) >= 11 is 0. The molecule has 1 aromatic rings. The van der Waals surface area contributed by atoms with Gasteiger partial charge in [0.15, 0.2) is 0 Å². The third-order valence-electron chi connectivity index (χ3n) is 2.79. The molecule has 1 aliphatic rings. The van der Waals surface area contributed by atoms with Crippen LogP contribution in [0.25, 0.3) is 0 Å². The number of carbonyl (C=O) groups is 1. The van der Waals surface area contributed by atoms with E-state index in [-0.39, 0.29) is 18.4 Å². The highest BCUT2D eigenvalue weighted by molar-refractivity contribution is 6.03. The van der Waals surface area contributed by atoms with Crippen molar-refractivity contribution in [2.45, 2.75) is 25.9 Å². The van der Waals surface area contributed by atoms with E-state index in [2.05, 4.69) is 16.0 Å². The topological polar surface area (TPSA) is 76.5 Å². The predicted octanol–water partition coefficient (Wildman–Crippen LogP) is 0.931. The molecule has 1 unspecified atom stereocenters. The molecule has 2 amide bonds. The second-order valence-electron chi connectivity index (χ2n) is 4.40. The highest BCUT2D eigenvalue weighted by atomic mass is 16.2. The number of nitrogens with zero attached hydrogens (tertiary/aromatic N) is 4. The molecule has 2 N–H and O–H groups in total. The zero-order valence-electron chi connectivity index (χ0n) is 10.4. The summed E-state index contributed by atoms with van der Waals surface area (Å²) in [4.78, 5) is 16.8. The Morgan fingerprint density at radius 1 is 1.61 bits per heavy atom. The molecule has 18 heavy (non-hydrogen) atoms. The summed E-state index contributed by atoms with van der Waals surface area (Å²) in [6.07, 6.45) is 8.80. The number of hydrogen-bond acceptors (Lipinski definition) is 3. The van der Waals surface area contributed by atoms with E-state index in [9.17, 15) is 4.79 Å². The molecule has 1 atom stereocenters. The number of aliphatic imine (C=N–C) groups is 1. The number of amides is 2. The molecule has 94 valence electrons. The van der Waals surface area contributed by atoms with Crippen molar-refractivity contribution in [2.75, 3.05) is 6.54 Å². The van der Waals surface area contributed by atoms with Crippen LogP contribution >= 0.6 is 0 Å². The Kier molecular flexibility index (Phi) is 3.06. The summed E-state index contributed by atoms with van der Waals surface area (Å²) in [5, 5.41) is 4.23. The van der Waals surface area contributed by atoms with Crippen molar-refractivity contribution in [2.24, 2.45) is 10.7 Å². The largest absolute Gasteiger partial charge is 0.385 e. The molecule has 6 nitrogen and oxygen atoms in total. The average Bonchev–Trinajstić information content (AvgIpc) is 2.86. The summed E-state index contributed by atoms with van der Waals surface area (Å²) in [7, 11) is 0. The van der Waals surface area contributed by atoms with Crippen molar-refractivity contribution in [3.8, 4) is 12.3 Å². The van der Waals surface area contributed by atoms with E-state index >= 15 is 0 Å². The monoisotopic (exact) mass is 245 g/mol. The lowest BCUT2D eigenvalue weighted by atomic mass is 10.1. The number of hydrogen-bond donors (Lipinski definition) is 1. The Hall–Kier alpha value is -2.29. The standard InChI is InChI=1S/C12H15N5O/c1-4-5-16-10(11(13)15-12(16)18)9-6-14-17(7-9)8(2)3/h1,6-8,10H,5H2,2-3H3,(H2,13,15,18). The highest BCUT2D eigenvalue weighted by Gasteiger charge is 2.34. The first-order valence-corrected chi connectivity index (χ1v) is 5.66. The lowest BCUT2D eigenvalue weighted by Crippen LogP contribution is -2.33. The zero-order chi connectivity index (χ0) is 13.3. The lowest BCUT2D eigenvalue weighted by molar-refractivity contribution is 0.213. The van der Waals surface area contributed by atoms with Gasteiger partial charge in [-0.25, -0.2) is 4.79 Å². The minimum absolute atomic E-state index is 0.181. The molecule has 0 saturated heterocycles. The van der Waals surface area contributed by atoms with Crippen LogP contribution in [0.2, 0.25) is 0 Å². The van der Waals surface area contributed by atoms with Crippen LogP contribution in [0.1, 0.15) is 31.5 Å². The fourth-order valence-corrected chi connectivity index (χ4v) is 1.89. The zero-order valence-corrected chi connectivity index (χ0v) is 10.4. The molecule has 2 rings (SSSR count). The van der Waals surface area contributed by atoms with Crippen molar-refractivity contribution in [3.63, 3.8) is 0 Å². The third-order valence-corrected chi connectivity index (χ3v) is 2.79. The van der Waals surface area contributed by atoms with Gasteiger partial charge in [0.05, 0.1) is 12.7 Å². The fourth-order valence-electron chi connectivity index (χ4n) is 1.89. The molecule has 0 radical (unpaired) electrons. The molecule has 0 spiro atoms. The van der Waals surface area contributed by atoms with Crippen LogP contribution in [0.5, 0.6) is 0 Å². The number of rotatable bonds is 3. The van der Waals surface area contributed by atoms with E-state index in [1.165, 1.54) is 4.90 Å². The van der Waals surface area contributed by atoms with Gasteiger partial charge in [-0.2, -0.15) is 10.1 Å². The van der Waals surface area contributed by atoms with Gasteiger partial charge >= 0.3 is 6.03 Å². The molecule has 0 aliphatic carbocycles. The number of nitrogens with two attached hydrogens (primary N) is 1. The van der Waals surface area contributed by atoms with Crippen LogP contribution in [0.15, 0.2) is 17.4 Å². The normalized spacial score (nSPS) is 19.2. The van der Waals surface area contributed by atoms with Crippen molar-refractivity contribution in [1.82, 2.24) is 14.7 Å². The van der Waals surface area contributed by atoms with Crippen LogP contribution in [0, 0.1) is 12.3 Å². The Bertz CT molecular complexity index is 537. The molecular formula is C12H15N5O. The van der Waals surface area contributed by atoms with E-state index in [4.69, 9.17) is 12.2 Å². The van der Waals surface area contributed by atoms with Crippen LogP contribution in [-0.4, -0.2) is 33.1 Å². The van der Waals surface area contributed by atoms with Gasteiger partial charge in [-0.15, -0.1) is 6.42 Å². The Labute approximate surface area is 105 Å². The highest BCUT2D eigenvalue weighted by Crippen LogP contribution is 2.26. The molecule has 0 bridgehead atoms. The predicted molar refractivity (Wildman–Crippen MR) is 67.9 cm³/mol. The SMILES string of the molecule is C#CCN1C(=O)N=C(N)C1c1cnn(C(C)C)c1. The Morgan fingerprint density at radius 2 is 2.33 bits per heavy atom. The minimum atomic E-state index is -0.402. The van der Waals surface area contributed by atoms with E-state index in [1.54, 1.807) is 10.9 Å². The maximum atomic E-state index is 11.6. The number of terminal acetylenes is 1. The van der Waals surface area contributed by atoms with Gasteiger partial charge in [-0.1, -0.05) is 5.92 Å². The molecule has 6 heteroatoms. The molecule has 0 fully saturated rings. The van der Waals surface area contributed by atoms with E-state index in [0.717, 1.165) is 5.56 Å². The first-order chi connectivity index (χ1) is 8.54. The van der Waals surface area contributed by atoms with Gasteiger partial charge in [0.1, 0.15) is 11.9 Å². The number of aromatic nitrogens is 2. The van der Waals surface area contributed by atoms with Gasteiger partial charge in [0.25, 0.3) is 0 Å². The van der Waals surface area contributed by atoms with Gasteiger partial charge in [0.2, 0.25) is 0 Å². The van der Waals surface area contributed by atoms with E-state index in [0.29, 0.717) is 0 Å². The van der Waals surface area contributed by atoms with Gasteiger partial charge in [0, 0.05) is 17.8 Å². The van der Waals surface area contributed by atoms with Crippen LogP contribution < -0.4 is 5.73 Å². The quantitative estimate of drug-likeness (QED) is 0.805. The van der Waals surface area contributed by atoms with Crippen LogP contribution in [0.3, 0.4) is 0 Å². The summed E-state index contributed by atoms with van der Waals surface area (Å²) in [6.45, 7) is 4.22. The van der Waals surface area contributed by atoms with Crippen molar-refractivity contribution < 1.29 is 4.79 Å². The summed E-state index contributed by atoms with van der Waals surface area (Å²) in [6, 6.07) is -0.552. The first-order valence-electron chi connectivity index (χ1n) is 5.66. The summed E-state index contributed by atoms with van der Waals surface area (Å²) < 4.78 is 1.81. The Morgan fingerprint density at radius 3 is 2.89 bits per heavy atom. The lowest BCUT2D eigenvalue weighted by Gasteiger charge is -2.20. The van der Waals surface area contributed by atoms with Crippen LogP contribution in [-0.2, 0) is 0 Å². The molecule has 0 saturated carbocycles. The number of amidine groups is 1. The molecular weight excluding hydrogens is 230 g/mol. The number of carbonyl (C=O) groups excluding carboxylic acids is 1. The molecule has 0 aromatic carbocycles. The summed E-state index contributed by atoms with van der Waals surface area (Å²) in [5.41, 5.74) is 6.61. The van der Waals surface area contributed by atoms with Crippen LogP contribution in [0.4, 0.5) is 4.79 Å². The maximum Gasteiger partial charge on any atom is 0.346 e. The van der Waals surface area contributed by atoms with Crippen molar-refractivity contribution in [3.05, 3.63) is 18.0 Å². The first kappa shape index (κ1) is 12.2. The maximum absolute atomic E-state index is 11.6. The van der Waals surface area contributed by atoms with Crippen molar-refractivity contribution in [1.29, 1.82) is 0 Å². The Balaban J connectivity index is 2.32. The van der Waals surface area contributed by atoms with Gasteiger partial charge < -0.3 is 5.73 Å².